The second-order valence-electron chi connectivity index (χ2n) is 6.15. The van der Waals surface area contributed by atoms with Gasteiger partial charge in [-0.25, -0.2) is 4.79 Å². The Balaban J connectivity index is 2.09. The molecule has 25 heavy (non-hydrogen) atoms. The molecule has 3 rings (SSSR count). The fourth-order valence-electron chi connectivity index (χ4n) is 2.78. The summed E-state index contributed by atoms with van der Waals surface area (Å²) < 4.78 is 5.26. The number of phenolic OH excluding ortho intramolecular Hbond substituents is 1. The maximum Gasteiger partial charge on any atom is 0.336 e. The predicted octanol–water partition coefficient (Wildman–Crippen LogP) is 4.26. The van der Waals surface area contributed by atoms with E-state index in [1.54, 1.807) is 13.0 Å². The SMILES string of the molecule is CC(=NNc1ccccc1C)c1cc2c(C)cc(=O)oc2c(C)c1O. The van der Waals surface area contributed by atoms with Crippen LogP contribution in [0.2, 0.25) is 0 Å². The number of nitrogens with zero attached hydrogens (tertiary/aromatic N) is 1. The molecule has 0 bridgehead atoms. The first-order valence-corrected chi connectivity index (χ1v) is 8.02. The van der Waals surface area contributed by atoms with Crippen molar-refractivity contribution in [3.8, 4) is 5.75 Å². The molecule has 0 spiro atoms. The van der Waals surface area contributed by atoms with E-state index < -0.39 is 5.63 Å². The molecule has 128 valence electrons. The normalized spacial score (nSPS) is 11.8. The zero-order chi connectivity index (χ0) is 18.1. The van der Waals surface area contributed by atoms with Crippen LogP contribution >= 0.6 is 0 Å². The maximum absolute atomic E-state index is 11.6. The highest BCUT2D eigenvalue weighted by molar-refractivity contribution is 6.05. The van der Waals surface area contributed by atoms with Crippen LogP contribution in [0.3, 0.4) is 0 Å². The summed E-state index contributed by atoms with van der Waals surface area (Å²) in [6.07, 6.45) is 0. The second kappa shape index (κ2) is 6.43. The van der Waals surface area contributed by atoms with E-state index in [2.05, 4.69) is 10.5 Å². The van der Waals surface area contributed by atoms with Crippen molar-refractivity contribution in [3.05, 3.63) is 69.1 Å². The molecule has 0 saturated heterocycles. The minimum Gasteiger partial charge on any atom is -0.507 e. The molecule has 0 aliphatic rings. The number of aromatic hydroxyl groups is 1. The average molecular weight is 336 g/mol. The molecule has 1 heterocycles. The summed E-state index contributed by atoms with van der Waals surface area (Å²) in [7, 11) is 0. The van der Waals surface area contributed by atoms with Crippen molar-refractivity contribution in [3.63, 3.8) is 0 Å². The van der Waals surface area contributed by atoms with Crippen LogP contribution in [0.5, 0.6) is 5.75 Å². The number of rotatable bonds is 3. The number of benzene rings is 2. The van der Waals surface area contributed by atoms with Crippen molar-refractivity contribution in [1.29, 1.82) is 0 Å². The first-order valence-electron chi connectivity index (χ1n) is 8.02. The molecule has 2 aromatic carbocycles. The van der Waals surface area contributed by atoms with Gasteiger partial charge < -0.3 is 9.52 Å². The van der Waals surface area contributed by atoms with Crippen molar-refractivity contribution in [1.82, 2.24) is 0 Å². The van der Waals surface area contributed by atoms with Crippen LogP contribution in [0, 0.1) is 20.8 Å². The van der Waals surface area contributed by atoms with Crippen LogP contribution in [0.4, 0.5) is 5.69 Å². The van der Waals surface area contributed by atoms with E-state index in [1.807, 2.05) is 45.0 Å². The van der Waals surface area contributed by atoms with Gasteiger partial charge in [-0.1, -0.05) is 18.2 Å². The number of aryl methyl sites for hydroxylation is 3. The molecule has 1 aromatic heterocycles. The Hall–Kier alpha value is -3.08. The van der Waals surface area contributed by atoms with Crippen molar-refractivity contribution >= 4 is 22.4 Å². The fraction of sp³-hybridized carbons (Fsp3) is 0.200. The standard InChI is InChI=1S/C20H20N2O3/c1-11-7-5-6-8-17(11)22-21-14(4)16-10-15-12(2)9-18(23)25-20(15)13(3)19(16)24/h5-10,22,24H,1-4H3. The Morgan fingerprint density at radius 2 is 1.84 bits per heavy atom. The number of para-hydroxylation sites is 1. The van der Waals surface area contributed by atoms with Crippen molar-refractivity contribution in [2.24, 2.45) is 5.10 Å². The highest BCUT2D eigenvalue weighted by Gasteiger charge is 2.15. The van der Waals surface area contributed by atoms with Crippen LogP contribution < -0.4 is 11.1 Å². The topological polar surface area (TPSA) is 74.8 Å². The van der Waals surface area contributed by atoms with Gasteiger partial charge in [-0.2, -0.15) is 5.10 Å². The smallest absolute Gasteiger partial charge is 0.336 e. The van der Waals surface area contributed by atoms with Crippen LogP contribution in [0.25, 0.3) is 11.0 Å². The van der Waals surface area contributed by atoms with Crippen molar-refractivity contribution < 1.29 is 9.52 Å². The number of hydrazone groups is 1. The summed E-state index contributed by atoms with van der Waals surface area (Å²) in [4.78, 5) is 11.6. The summed E-state index contributed by atoms with van der Waals surface area (Å²) in [5.74, 6) is 0.0640. The fourth-order valence-corrected chi connectivity index (χ4v) is 2.78. The van der Waals surface area contributed by atoms with Gasteiger partial charge in [0, 0.05) is 22.6 Å². The maximum atomic E-state index is 11.6. The molecule has 0 aliphatic carbocycles. The van der Waals surface area contributed by atoms with E-state index in [1.165, 1.54) is 6.07 Å². The van der Waals surface area contributed by atoms with Gasteiger partial charge in [-0.15, -0.1) is 0 Å². The van der Waals surface area contributed by atoms with Gasteiger partial charge in [0.2, 0.25) is 0 Å². The van der Waals surface area contributed by atoms with E-state index >= 15 is 0 Å². The lowest BCUT2D eigenvalue weighted by Gasteiger charge is -2.12. The lowest BCUT2D eigenvalue weighted by molar-refractivity contribution is 0.467. The summed E-state index contributed by atoms with van der Waals surface area (Å²) in [6.45, 7) is 7.39. The average Bonchev–Trinajstić information content (AvgIpc) is 2.57. The number of nitrogens with one attached hydrogen (secondary N) is 1. The predicted molar refractivity (Wildman–Crippen MR) is 101 cm³/mol. The summed E-state index contributed by atoms with van der Waals surface area (Å²) in [6, 6.07) is 11.1. The van der Waals surface area contributed by atoms with E-state index in [0.717, 1.165) is 22.2 Å². The van der Waals surface area contributed by atoms with E-state index in [4.69, 9.17) is 4.42 Å². The Bertz CT molecular complexity index is 1050. The molecular weight excluding hydrogens is 316 g/mol. The van der Waals surface area contributed by atoms with E-state index in [0.29, 0.717) is 22.4 Å². The Morgan fingerprint density at radius 1 is 1.12 bits per heavy atom. The first-order chi connectivity index (χ1) is 11.9. The summed E-state index contributed by atoms with van der Waals surface area (Å²) >= 11 is 0. The summed E-state index contributed by atoms with van der Waals surface area (Å²) in [5.41, 5.74) is 7.56. The van der Waals surface area contributed by atoms with Gasteiger partial charge in [0.15, 0.2) is 0 Å². The van der Waals surface area contributed by atoms with Crippen LogP contribution in [-0.4, -0.2) is 10.8 Å². The van der Waals surface area contributed by atoms with Crippen LogP contribution in [0.1, 0.15) is 29.2 Å². The zero-order valence-corrected chi connectivity index (χ0v) is 14.7. The van der Waals surface area contributed by atoms with Gasteiger partial charge in [0.1, 0.15) is 11.3 Å². The Morgan fingerprint density at radius 3 is 2.56 bits per heavy atom. The molecule has 5 nitrogen and oxygen atoms in total. The molecule has 0 amide bonds. The lowest BCUT2D eigenvalue weighted by Crippen LogP contribution is -2.04. The van der Waals surface area contributed by atoms with Gasteiger partial charge in [-0.05, 0) is 51.0 Å². The third-order valence-corrected chi connectivity index (χ3v) is 4.32. The molecule has 0 aliphatic heterocycles. The monoisotopic (exact) mass is 336 g/mol. The van der Waals surface area contributed by atoms with Crippen molar-refractivity contribution in [2.75, 3.05) is 5.43 Å². The zero-order valence-electron chi connectivity index (χ0n) is 14.7. The quantitative estimate of drug-likeness (QED) is 0.426. The molecule has 5 heteroatoms. The van der Waals surface area contributed by atoms with Gasteiger partial charge >= 0.3 is 5.63 Å². The van der Waals surface area contributed by atoms with Gasteiger partial charge in [0.05, 0.1) is 11.4 Å². The molecular formula is C20H20N2O3. The minimum absolute atomic E-state index is 0.0640. The highest BCUT2D eigenvalue weighted by atomic mass is 16.4. The lowest BCUT2D eigenvalue weighted by atomic mass is 10.00. The molecule has 3 aromatic rings. The number of anilines is 1. The largest absolute Gasteiger partial charge is 0.507 e. The highest BCUT2D eigenvalue weighted by Crippen LogP contribution is 2.32. The van der Waals surface area contributed by atoms with E-state index in [9.17, 15) is 9.90 Å². The van der Waals surface area contributed by atoms with E-state index in [-0.39, 0.29) is 5.75 Å². The number of hydrogen-bond acceptors (Lipinski definition) is 5. The molecule has 0 atom stereocenters. The number of fused-ring (bicyclic) bond motifs is 1. The third kappa shape index (κ3) is 3.13. The van der Waals surface area contributed by atoms with Crippen LogP contribution in [0.15, 0.2) is 50.7 Å². The van der Waals surface area contributed by atoms with Crippen molar-refractivity contribution in [2.45, 2.75) is 27.7 Å². The van der Waals surface area contributed by atoms with Gasteiger partial charge in [0.25, 0.3) is 0 Å². The Labute approximate surface area is 145 Å². The molecule has 2 N–H and O–H groups in total. The molecule has 0 unspecified atom stereocenters. The second-order valence-corrected chi connectivity index (χ2v) is 6.15. The number of phenols is 1. The first kappa shape index (κ1) is 16.8. The Kier molecular flexibility index (Phi) is 4.31. The third-order valence-electron chi connectivity index (χ3n) is 4.32. The minimum atomic E-state index is -0.424. The van der Waals surface area contributed by atoms with Gasteiger partial charge in [-0.3, -0.25) is 5.43 Å². The molecule has 0 saturated carbocycles. The van der Waals surface area contributed by atoms with Crippen LogP contribution in [-0.2, 0) is 0 Å². The molecule has 0 radical (unpaired) electrons. The molecule has 0 fully saturated rings. The number of hydrogen-bond donors (Lipinski definition) is 2. The summed E-state index contributed by atoms with van der Waals surface area (Å²) in [5, 5.41) is 15.7.